The Morgan fingerprint density at radius 2 is 2.06 bits per heavy atom. The first kappa shape index (κ1) is 12.7. The molecule has 86 valence electrons. The first-order chi connectivity index (χ1) is 7.77. The fourth-order valence-electron chi connectivity index (χ4n) is 1.36. The van der Waals surface area contributed by atoms with E-state index in [0.717, 1.165) is 30.8 Å². The van der Waals surface area contributed by atoms with E-state index in [-0.39, 0.29) is 6.04 Å². The van der Waals surface area contributed by atoms with Gasteiger partial charge >= 0.3 is 0 Å². The summed E-state index contributed by atoms with van der Waals surface area (Å²) in [6.07, 6.45) is 5.56. The van der Waals surface area contributed by atoms with Crippen molar-refractivity contribution in [2.45, 2.75) is 39.7 Å². The van der Waals surface area contributed by atoms with Gasteiger partial charge in [0.25, 0.3) is 0 Å². The Morgan fingerprint density at radius 3 is 2.62 bits per heavy atom. The second kappa shape index (κ2) is 6.97. The molecule has 1 unspecified atom stereocenters. The molecule has 1 N–H and O–H groups in total. The van der Waals surface area contributed by atoms with E-state index in [4.69, 9.17) is 0 Å². The van der Waals surface area contributed by atoms with Crippen molar-refractivity contribution in [3.8, 4) is 11.8 Å². The molecule has 1 aromatic heterocycles. The van der Waals surface area contributed by atoms with Crippen molar-refractivity contribution in [2.24, 2.45) is 0 Å². The molecule has 0 fully saturated rings. The van der Waals surface area contributed by atoms with Gasteiger partial charge in [-0.3, -0.25) is 0 Å². The average Bonchev–Trinajstić information content (AvgIpc) is 2.31. The third-order valence-electron chi connectivity index (χ3n) is 2.24. The Bertz CT molecular complexity index is 359. The molecule has 0 saturated carbocycles. The van der Waals surface area contributed by atoms with Crippen LogP contribution in [0.15, 0.2) is 12.4 Å². The Hall–Kier alpha value is -1.40. The minimum absolute atomic E-state index is 0.146. The first-order valence-electron chi connectivity index (χ1n) is 5.69. The summed E-state index contributed by atoms with van der Waals surface area (Å²) in [7, 11) is 0. The Morgan fingerprint density at radius 1 is 1.38 bits per heavy atom. The molecule has 1 atom stereocenters. The van der Waals surface area contributed by atoms with E-state index >= 15 is 0 Å². The van der Waals surface area contributed by atoms with Crippen LogP contribution in [0.1, 0.15) is 44.1 Å². The maximum absolute atomic E-state index is 4.34. The predicted molar refractivity (Wildman–Crippen MR) is 65.9 cm³/mol. The molecule has 1 aromatic rings. The number of nitrogens with one attached hydrogen (secondary N) is 1. The smallest absolute Gasteiger partial charge is 0.146 e. The van der Waals surface area contributed by atoms with Gasteiger partial charge in [-0.25, -0.2) is 9.97 Å². The second-order valence-corrected chi connectivity index (χ2v) is 3.76. The monoisotopic (exact) mass is 217 g/mol. The highest BCUT2D eigenvalue weighted by molar-refractivity contribution is 5.08. The lowest BCUT2D eigenvalue weighted by molar-refractivity contribution is 0.516. The molecule has 1 rings (SSSR count). The molecular formula is C13H19N3. The molecule has 0 amide bonds. The van der Waals surface area contributed by atoms with Crippen LogP contribution in [-0.2, 0) is 0 Å². The quantitative estimate of drug-likeness (QED) is 0.769. The lowest BCUT2D eigenvalue weighted by Crippen LogP contribution is -2.23. The van der Waals surface area contributed by atoms with Crippen LogP contribution >= 0.6 is 0 Å². The largest absolute Gasteiger partial charge is 0.307 e. The molecule has 1 heterocycles. The number of rotatable bonds is 5. The number of aromatic nitrogens is 2. The lowest BCUT2D eigenvalue weighted by atomic mass is 10.2. The molecule has 0 aliphatic rings. The van der Waals surface area contributed by atoms with Crippen LogP contribution in [0.3, 0.4) is 0 Å². The van der Waals surface area contributed by atoms with Crippen molar-refractivity contribution in [3.63, 3.8) is 0 Å². The van der Waals surface area contributed by atoms with Gasteiger partial charge in [0.05, 0.1) is 6.04 Å². The lowest BCUT2D eigenvalue weighted by Gasteiger charge is -2.14. The van der Waals surface area contributed by atoms with Crippen LogP contribution in [0.4, 0.5) is 0 Å². The molecule has 3 heteroatoms. The SMILES string of the molecule is CC#CCC(NCCC)c1ncc(C)cn1. The van der Waals surface area contributed by atoms with E-state index in [9.17, 15) is 0 Å². The highest BCUT2D eigenvalue weighted by atomic mass is 15.0. The molecule has 0 radical (unpaired) electrons. The van der Waals surface area contributed by atoms with Gasteiger partial charge in [-0.2, -0.15) is 0 Å². The summed E-state index contributed by atoms with van der Waals surface area (Å²) in [5.74, 6) is 6.82. The van der Waals surface area contributed by atoms with E-state index in [1.807, 2.05) is 26.2 Å². The van der Waals surface area contributed by atoms with Crippen LogP contribution < -0.4 is 5.32 Å². The van der Waals surface area contributed by atoms with Gasteiger partial charge in [-0.15, -0.1) is 11.8 Å². The zero-order valence-electron chi connectivity index (χ0n) is 10.2. The van der Waals surface area contributed by atoms with Crippen molar-refractivity contribution in [2.75, 3.05) is 6.54 Å². The van der Waals surface area contributed by atoms with Gasteiger partial charge in [0.15, 0.2) is 0 Å². The highest BCUT2D eigenvalue weighted by Crippen LogP contribution is 2.11. The fourth-order valence-corrected chi connectivity index (χ4v) is 1.36. The van der Waals surface area contributed by atoms with Crippen molar-refractivity contribution in [1.82, 2.24) is 15.3 Å². The zero-order chi connectivity index (χ0) is 11.8. The summed E-state index contributed by atoms with van der Waals surface area (Å²) < 4.78 is 0. The number of hydrogen-bond acceptors (Lipinski definition) is 3. The Balaban J connectivity index is 2.72. The third kappa shape index (κ3) is 4.00. The number of nitrogens with zero attached hydrogens (tertiary/aromatic N) is 2. The Kier molecular flexibility index (Phi) is 5.52. The van der Waals surface area contributed by atoms with Crippen molar-refractivity contribution < 1.29 is 0 Å². The third-order valence-corrected chi connectivity index (χ3v) is 2.24. The summed E-state index contributed by atoms with van der Waals surface area (Å²) in [5, 5.41) is 3.41. The van der Waals surface area contributed by atoms with Crippen LogP contribution in [0, 0.1) is 18.8 Å². The van der Waals surface area contributed by atoms with E-state index in [1.165, 1.54) is 0 Å². The van der Waals surface area contributed by atoms with Gasteiger partial charge in [-0.05, 0) is 32.4 Å². The van der Waals surface area contributed by atoms with Crippen molar-refractivity contribution in [3.05, 3.63) is 23.8 Å². The standard InChI is InChI=1S/C13H19N3/c1-4-6-7-12(14-8-5-2)13-15-9-11(3)10-16-13/h9-10,12,14H,5,7-8H2,1-3H3. The van der Waals surface area contributed by atoms with Gasteiger partial charge in [0.2, 0.25) is 0 Å². The second-order valence-electron chi connectivity index (χ2n) is 3.76. The average molecular weight is 217 g/mol. The summed E-state index contributed by atoms with van der Waals surface area (Å²) in [6, 6.07) is 0.146. The van der Waals surface area contributed by atoms with Gasteiger partial charge in [0.1, 0.15) is 5.82 Å². The van der Waals surface area contributed by atoms with Gasteiger partial charge < -0.3 is 5.32 Å². The summed E-state index contributed by atoms with van der Waals surface area (Å²) in [6.45, 7) is 6.95. The zero-order valence-corrected chi connectivity index (χ0v) is 10.2. The minimum Gasteiger partial charge on any atom is -0.307 e. The van der Waals surface area contributed by atoms with Gasteiger partial charge in [-0.1, -0.05) is 6.92 Å². The van der Waals surface area contributed by atoms with Crippen LogP contribution in [0.5, 0.6) is 0 Å². The minimum atomic E-state index is 0.146. The van der Waals surface area contributed by atoms with E-state index in [0.29, 0.717) is 0 Å². The first-order valence-corrected chi connectivity index (χ1v) is 5.69. The van der Waals surface area contributed by atoms with Crippen LogP contribution in [0.2, 0.25) is 0 Å². The molecule has 3 nitrogen and oxygen atoms in total. The predicted octanol–water partition coefficient (Wildman–Crippen LogP) is 2.24. The molecule has 0 bridgehead atoms. The van der Waals surface area contributed by atoms with Crippen LogP contribution in [0.25, 0.3) is 0 Å². The molecule has 0 aliphatic carbocycles. The topological polar surface area (TPSA) is 37.8 Å². The van der Waals surface area contributed by atoms with Crippen LogP contribution in [-0.4, -0.2) is 16.5 Å². The fraction of sp³-hybridized carbons (Fsp3) is 0.538. The van der Waals surface area contributed by atoms with E-state index in [1.54, 1.807) is 0 Å². The number of hydrogen-bond donors (Lipinski definition) is 1. The summed E-state index contributed by atoms with van der Waals surface area (Å²) in [4.78, 5) is 8.69. The van der Waals surface area contributed by atoms with E-state index in [2.05, 4.69) is 34.0 Å². The van der Waals surface area contributed by atoms with Crippen molar-refractivity contribution in [1.29, 1.82) is 0 Å². The molecule has 0 saturated heterocycles. The number of aryl methyl sites for hydroxylation is 1. The summed E-state index contributed by atoms with van der Waals surface area (Å²) in [5.41, 5.74) is 1.08. The summed E-state index contributed by atoms with van der Waals surface area (Å²) >= 11 is 0. The molecule has 0 aliphatic heterocycles. The molecular weight excluding hydrogens is 198 g/mol. The van der Waals surface area contributed by atoms with Gasteiger partial charge in [0, 0.05) is 18.8 Å². The normalized spacial score (nSPS) is 11.7. The molecule has 0 spiro atoms. The maximum atomic E-state index is 4.34. The van der Waals surface area contributed by atoms with Crippen molar-refractivity contribution >= 4 is 0 Å². The molecule has 0 aromatic carbocycles. The van der Waals surface area contributed by atoms with E-state index < -0.39 is 0 Å². The highest BCUT2D eigenvalue weighted by Gasteiger charge is 2.11. The molecule has 16 heavy (non-hydrogen) atoms. The Labute approximate surface area is 97.7 Å². The maximum Gasteiger partial charge on any atom is 0.146 e.